The highest BCUT2D eigenvalue weighted by atomic mass is 35.5. The molecule has 0 unspecified atom stereocenters. The molecule has 2 amide bonds. The minimum absolute atomic E-state index is 0.0576. The zero-order valence-electron chi connectivity index (χ0n) is 13.9. The molecule has 2 aromatic carbocycles. The Kier molecular flexibility index (Phi) is 6.84. The van der Waals surface area contributed by atoms with Crippen molar-refractivity contribution >= 4 is 68.9 Å². The molecule has 11 heteroatoms. The summed E-state index contributed by atoms with van der Waals surface area (Å²) in [6, 6.07) is 10.6. The van der Waals surface area contributed by atoms with E-state index in [9.17, 15) is 14.0 Å². The number of carbonyl (C=O) groups excluding carboxylic acids is 2. The van der Waals surface area contributed by atoms with E-state index in [1.54, 1.807) is 24.3 Å². The van der Waals surface area contributed by atoms with Crippen molar-refractivity contribution in [2.45, 2.75) is 4.34 Å². The molecule has 28 heavy (non-hydrogen) atoms. The number of rotatable bonds is 6. The fourth-order valence-corrected chi connectivity index (χ4v) is 3.98. The molecule has 3 rings (SSSR count). The number of aromatic nitrogens is 2. The number of halogens is 3. The van der Waals surface area contributed by atoms with Gasteiger partial charge in [0.2, 0.25) is 11.0 Å². The second kappa shape index (κ2) is 9.33. The van der Waals surface area contributed by atoms with Crippen molar-refractivity contribution in [3.8, 4) is 0 Å². The fraction of sp³-hybridized carbons (Fsp3) is 0.0588. The van der Waals surface area contributed by atoms with E-state index in [0.29, 0.717) is 20.6 Å². The first kappa shape index (κ1) is 20.5. The lowest BCUT2D eigenvalue weighted by atomic mass is 10.2. The van der Waals surface area contributed by atoms with Crippen LogP contribution < -0.4 is 10.6 Å². The van der Waals surface area contributed by atoms with Gasteiger partial charge in [0, 0.05) is 5.69 Å². The first-order chi connectivity index (χ1) is 13.4. The topological polar surface area (TPSA) is 84.0 Å². The molecule has 6 nitrogen and oxygen atoms in total. The Hall–Kier alpha value is -2.20. The summed E-state index contributed by atoms with van der Waals surface area (Å²) in [6.07, 6.45) is 0. The summed E-state index contributed by atoms with van der Waals surface area (Å²) in [6.45, 7) is 0. The van der Waals surface area contributed by atoms with Crippen molar-refractivity contribution < 1.29 is 14.0 Å². The molecule has 0 aliphatic rings. The van der Waals surface area contributed by atoms with Gasteiger partial charge in [0.1, 0.15) is 5.82 Å². The maximum atomic E-state index is 13.1. The average molecular weight is 457 g/mol. The minimum atomic E-state index is -0.561. The van der Waals surface area contributed by atoms with E-state index in [0.717, 1.165) is 23.1 Å². The molecule has 1 heterocycles. The SMILES string of the molecule is O=C(CSc1nnc(NC(=O)c2ccccc2Cl)s1)Nc1ccc(F)c(Cl)c1. The third-order valence-corrected chi connectivity index (χ3v) is 5.87. The van der Waals surface area contributed by atoms with Crippen LogP contribution in [0.15, 0.2) is 46.8 Å². The van der Waals surface area contributed by atoms with Crippen LogP contribution in [0.5, 0.6) is 0 Å². The van der Waals surface area contributed by atoms with E-state index in [1.165, 1.54) is 18.2 Å². The van der Waals surface area contributed by atoms with Gasteiger partial charge in [0.15, 0.2) is 4.34 Å². The quantitative estimate of drug-likeness (QED) is 0.404. The first-order valence-electron chi connectivity index (χ1n) is 7.69. The number of carbonyl (C=O) groups is 2. The number of nitrogens with one attached hydrogen (secondary N) is 2. The number of hydrogen-bond acceptors (Lipinski definition) is 6. The van der Waals surface area contributed by atoms with Gasteiger partial charge in [-0.25, -0.2) is 4.39 Å². The van der Waals surface area contributed by atoms with Gasteiger partial charge in [-0.1, -0.05) is 58.4 Å². The van der Waals surface area contributed by atoms with Crippen LogP contribution in [0.1, 0.15) is 10.4 Å². The molecule has 2 N–H and O–H groups in total. The zero-order chi connectivity index (χ0) is 20.1. The number of nitrogens with zero attached hydrogens (tertiary/aromatic N) is 2. The van der Waals surface area contributed by atoms with Crippen molar-refractivity contribution in [1.82, 2.24) is 10.2 Å². The third kappa shape index (κ3) is 5.41. The minimum Gasteiger partial charge on any atom is -0.325 e. The molecule has 0 aliphatic carbocycles. The number of thioether (sulfide) groups is 1. The van der Waals surface area contributed by atoms with Crippen LogP contribution in [0.3, 0.4) is 0 Å². The molecule has 0 radical (unpaired) electrons. The molecular formula is C17H11Cl2FN4O2S2. The number of anilines is 2. The normalized spacial score (nSPS) is 10.5. The maximum Gasteiger partial charge on any atom is 0.259 e. The maximum absolute atomic E-state index is 13.1. The lowest BCUT2D eigenvalue weighted by Crippen LogP contribution is -2.13. The van der Waals surface area contributed by atoms with Crippen molar-refractivity contribution in [2.24, 2.45) is 0 Å². The van der Waals surface area contributed by atoms with Gasteiger partial charge in [0.25, 0.3) is 5.91 Å². The van der Waals surface area contributed by atoms with Crippen molar-refractivity contribution in [3.63, 3.8) is 0 Å². The van der Waals surface area contributed by atoms with Crippen LogP contribution in [0.25, 0.3) is 0 Å². The number of amides is 2. The molecule has 144 valence electrons. The Morgan fingerprint density at radius 3 is 2.61 bits per heavy atom. The van der Waals surface area contributed by atoms with E-state index >= 15 is 0 Å². The second-order valence-corrected chi connectivity index (χ2v) is 8.29. The van der Waals surface area contributed by atoms with E-state index < -0.39 is 11.7 Å². The number of hydrogen-bond donors (Lipinski definition) is 2. The van der Waals surface area contributed by atoms with E-state index in [-0.39, 0.29) is 21.8 Å². The van der Waals surface area contributed by atoms with E-state index in [4.69, 9.17) is 23.2 Å². The molecule has 3 aromatic rings. The average Bonchev–Trinajstić information content (AvgIpc) is 3.11. The van der Waals surface area contributed by atoms with Gasteiger partial charge in [-0.05, 0) is 30.3 Å². The molecule has 0 fully saturated rings. The van der Waals surface area contributed by atoms with Gasteiger partial charge in [-0.15, -0.1) is 10.2 Å². The molecule has 0 aliphatic heterocycles. The molecule has 0 spiro atoms. The van der Waals surface area contributed by atoms with Crippen LogP contribution in [-0.2, 0) is 4.79 Å². The van der Waals surface area contributed by atoms with E-state index in [1.807, 2.05) is 0 Å². The summed E-state index contributed by atoms with van der Waals surface area (Å²) >= 11 is 13.9. The Balaban J connectivity index is 1.53. The largest absolute Gasteiger partial charge is 0.325 e. The van der Waals surface area contributed by atoms with Crippen LogP contribution in [0.4, 0.5) is 15.2 Å². The van der Waals surface area contributed by atoms with Crippen molar-refractivity contribution in [1.29, 1.82) is 0 Å². The van der Waals surface area contributed by atoms with Gasteiger partial charge < -0.3 is 5.32 Å². The van der Waals surface area contributed by atoms with Gasteiger partial charge in [-0.2, -0.15) is 0 Å². The van der Waals surface area contributed by atoms with Crippen LogP contribution in [0, 0.1) is 5.82 Å². The predicted octanol–water partition coefficient (Wildman–Crippen LogP) is 4.97. The molecular weight excluding hydrogens is 446 g/mol. The highest BCUT2D eigenvalue weighted by Crippen LogP contribution is 2.27. The Morgan fingerprint density at radius 2 is 1.86 bits per heavy atom. The standard InChI is InChI=1S/C17H11Cl2FN4O2S2/c18-11-4-2-1-3-10(11)15(26)22-16-23-24-17(28-16)27-8-14(25)21-9-5-6-13(20)12(19)7-9/h1-7H,8H2,(H,21,25)(H,22,23,26). The Labute approximate surface area is 177 Å². The molecule has 0 bridgehead atoms. The predicted molar refractivity (Wildman–Crippen MR) is 110 cm³/mol. The fourth-order valence-electron chi connectivity index (χ4n) is 2.03. The second-order valence-electron chi connectivity index (χ2n) is 5.27. The Morgan fingerprint density at radius 1 is 1.07 bits per heavy atom. The molecule has 0 saturated carbocycles. The van der Waals surface area contributed by atoms with Gasteiger partial charge >= 0.3 is 0 Å². The van der Waals surface area contributed by atoms with Gasteiger partial charge in [0.05, 0.1) is 21.4 Å². The molecule has 0 saturated heterocycles. The summed E-state index contributed by atoms with van der Waals surface area (Å²) in [4.78, 5) is 24.2. The van der Waals surface area contributed by atoms with Crippen LogP contribution >= 0.6 is 46.3 Å². The first-order valence-corrected chi connectivity index (χ1v) is 10.3. The smallest absolute Gasteiger partial charge is 0.259 e. The third-order valence-electron chi connectivity index (χ3n) is 3.28. The molecule has 1 aromatic heterocycles. The summed E-state index contributed by atoms with van der Waals surface area (Å²) < 4.78 is 13.6. The van der Waals surface area contributed by atoms with E-state index in [2.05, 4.69) is 20.8 Å². The summed E-state index contributed by atoms with van der Waals surface area (Å²) in [5.74, 6) is -1.22. The lowest BCUT2D eigenvalue weighted by Gasteiger charge is -2.05. The van der Waals surface area contributed by atoms with Crippen LogP contribution in [-0.4, -0.2) is 27.8 Å². The zero-order valence-corrected chi connectivity index (χ0v) is 17.1. The highest BCUT2D eigenvalue weighted by molar-refractivity contribution is 8.01. The van der Waals surface area contributed by atoms with Crippen molar-refractivity contribution in [3.05, 3.63) is 63.9 Å². The summed E-state index contributed by atoms with van der Waals surface area (Å²) in [7, 11) is 0. The summed E-state index contributed by atoms with van der Waals surface area (Å²) in [5.41, 5.74) is 0.716. The van der Waals surface area contributed by atoms with Crippen LogP contribution in [0.2, 0.25) is 10.0 Å². The van der Waals surface area contributed by atoms with Gasteiger partial charge in [-0.3, -0.25) is 14.9 Å². The lowest BCUT2D eigenvalue weighted by molar-refractivity contribution is -0.113. The highest BCUT2D eigenvalue weighted by Gasteiger charge is 2.14. The summed E-state index contributed by atoms with van der Waals surface area (Å²) in [5, 5.41) is 13.6. The number of benzene rings is 2. The molecule has 0 atom stereocenters. The van der Waals surface area contributed by atoms with Crippen molar-refractivity contribution in [2.75, 3.05) is 16.4 Å². The monoisotopic (exact) mass is 456 g/mol. The Bertz CT molecular complexity index is 1030.